The molecule has 1 aromatic rings. The number of aromatic nitrogens is 2. The monoisotopic (exact) mass is 226 g/mol. The minimum atomic E-state index is 0.644. The molecule has 15 heavy (non-hydrogen) atoms. The number of halogens is 1. The molecule has 4 heteroatoms. The Balaban J connectivity index is 2.24. The molecule has 0 aliphatic heterocycles. The van der Waals surface area contributed by atoms with Crippen molar-refractivity contribution in [1.29, 1.82) is 0 Å². The predicted octanol–water partition coefficient (Wildman–Crippen LogP) is 2.20. The fourth-order valence-corrected chi connectivity index (χ4v) is 2.20. The van der Waals surface area contributed by atoms with Crippen LogP contribution in [0, 0.1) is 0 Å². The molecule has 0 N–H and O–H groups in total. The van der Waals surface area contributed by atoms with E-state index in [9.17, 15) is 0 Å². The van der Waals surface area contributed by atoms with Crippen LogP contribution in [0.3, 0.4) is 0 Å². The Bertz CT molecular complexity index is 355. The van der Waals surface area contributed by atoms with Gasteiger partial charge in [0.05, 0.1) is 6.61 Å². The van der Waals surface area contributed by atoms with Crippen molar-refractivity contribution in [2.75, 3.05) is 13.7 Å². The van der Waals surface area contributed by atoms with E-state index in [0.29, 0.717) is 11.8 Å². The molecule has 1 aliphatic rings. The maximum absolute atomic E-state index is 6.13. The highest BCUT2D eigenvalue weighted by Gasteiger charge is 2.16. The van der Waals surface area contributed by atoms with E-state index in [-0.39, 0.29) is 0 Å². The molecule has 2 rings (SSSR count). The van der Waals surface area contributed by atoms with Crippen molar-refractivity contribution in [2.45, 2.75) is 32.1 Å². The van der Waals surface area contributed by atoms with E-state index in [1.54, 1.807) is 7.11 Å². The molecule has 1 aliphatic carbocycles. The summed E-state index contributed by atoms with van der Waals surface area (Å²) in [5.41, 5.74) is 2.30. The quantitative estimate of drug-likeness (QED) is 0.742. The second-order valence-corrected chi connectivity index (χ2v) is 4.16. The van der Waals surface area contributed by atoms with Gasteiger partial charge in [-0.1, -0.05) is 11.6 Å². The van der Waals surface area contributed by atoms with Gasteiger partial charge in [-0.15, -0.1) is 0 Å². The van der Waals surface area contributed by atoms with Crippen LogP contribution in [0.1, 0.15) is 29.9 Å². The number of aryl methyl sites for hydroxylation is 1. The number of rotatable bonds is 3. The van der Waals surface area contributed by atoms with Gasteiger partial charge in [0, 0.05) is 24.8 Å². The molecule has 0 amide bonds. The van der Waals surface area contributed by atoms with E-state index in [2.05, 4.69) is 9.97 Å². The van der Waals surface area contributed by atoms with Gasteiger partial charge in [-0.2, -0.15) is 0 Å². The molecule has 0 spiro atoms. The average Bonchev–Trinajstić information content (AvgIpc) is 2.26. The first-order valence-electron chi connectivity index (χ1n) is 5.34. The van der Waals surface area contributed by atoms with Gasteiger partial charge < -0.3 is 4.74 Å². The minimum Gasteiger partial charge on any atom is -0.384 e. The summed E-state index contributed by atoms with van der Waals surface area (Å²) in [6.45, 7) is 0.648. The van der Waals surface area contributed by atoms with Gasteiger partial charge in [0.15, 0.2) is 0 Å². The highest BCUT2D eigenvalue weighted by atomic mass is 35.5. The molecule has 0 radical (unpaired) electrons. The fraction of sp³-hybridized carbons (Fsp3) is 0.636. The molecule has 1 heterocycles. The second kappa shape index (κ2) is 4.90. The van der Waals surface area contributed by atoms with Crippen LogP contribution in [0.5, 0.6) is 0 Å². The van der Waals surface area contributed by atoms with Crippen LogP contribution >= 0.6 is 11.6 Å². The summed E-state index contributed by atoms with van der Waals surface area (Å²) < 4.78 is 5.01. The van der Waals surface area contributed by atoms with Crippen LogP contribution in [0.15, 0.2) is 0 Å². The highest BCUT2D eigenvalue weighted by Crippen LogP contribution is 2.25. The molecule has 3 nitrogen and oxygen atoms in total. The number of ether oxygens (including phenoxy) is 1. The smallest absolute Gasteiger partial charge is 0.136 e. The lowest BCUT2D eigenvalue weighted by Gasteiger charge is -2.16. The summed E-state index contributed by atoms with van der Waals surface area (Å²) in [6.07, 6.45) is 5.22. The zero-order valence-electron chi connectivity index (χ0n) is 8.92. The van der Waals surface area contributed by atoms with Gasteiger partial charge >= 0.3 is 0 Å². The normalized spacial score (nSPS) is 15.1. The first-order chi connectivity index (χ1) is 7.31. The lowest BCUT2D eigenvalue weighted by molar-refractivity contribution is 0.200. The summed E-state index contributed by atoms with van der Waals surface area (Å²) in [5, 5.41) is 0.644. The van der Waals surface area contributed by atoms with Crippen LogP contribution in [0.25, 0.3) is 0 Å². The van der Waals surface area contributed by atoms with E-state index >= 15 is 0 Å². The van der Waals surface area contributed by atoms with Crippen molar-refractivity contribution in [3.05, 3.63) is 22.2 Å². The molecule has 0 saturated heterocycles. The SMILES string of the molecule is COCCc1nc(Cl)c2c(n1)CCCC2. The number of hydrogen-bond donors (Lipinski definition) is 0. The molecule has 0 fully saturated rings. The summed E-state index contributed by atoms with van der Waals surface area (Å²) in [7, 11) is 1.68. The predicted molar refractivity (Wildman–Crippen MR) is 59.3 cm³/mol. The van der Waals surface area contributed by atoms with Crippen molar-refractivity contribution >= 4 is 11.6 Å². The van der Waals surface area contributed by atoms with Crippen LogP contribution in [-0.4, -0.2) is 23.7 Å². The van der Waals surface area contributed by atoms with Crippen LogP contribution in [0.4, 0.5) is 0 Å². The first kappa shape index (κ1) is 10.8. The van der Waals surface area contributed by atoms with Gasteiger partial charge in [0.1, 0.15) is 11.0 Å². The van der Waals surface area contributed by atoms with E-state index < -0.39 is 0 Å². The summed E-state index contributed by atoms with van der Waals surface area (Å²) in [6, 6.07) is 0. The van der Waals surface area contributed by atoms with E-state index in [1.807, 2.05) is 0 Å². The fourth-order valence-electron chi connectivity index (χ4n) is 1.90. The lowest BCUT2D eigenvalue weighted by atomic mass is 9.97. The molecule has 0 aromatic carbocycles. The summed E-state index contributed by atoms with van der Waals surface area (Å²) in [4.78, 5) is 8.83. The Morgan fingerprint density at radius 1 is 1.27 bits per heavy atom. The van der Waals surface area contributed by atoms with Crippen molar-refractivity contribution in [1.82, 2.24) is 9.97 Å². The van der Waals surface area contributed by atoms with Crippen molar-refractivity contribution in [2.24, 2.45) is 0 Å². The average molecular weight is 227 g/mol. The highest BCUT2D eigenvalue weighted by molar-refractivity contribution is 6.30. The molecule has 82 valence electrons. The Kier molecular flexibility index (Phi) is 3.54. The zero-order valence-corrected chi connectivity index (χ0v) is 9.68. The number of fused-ring (bicyclic) bond motifs is 1. The third-order valence-corrected chi connectivity index (χ3v) is 3.02. The van der Waals surface area contributed by atoms with Crippen LogP contribution in [-0.2, 0) is 24.0 Å². The summed E-state index contributed by atoms with van der Waals surface area (Å²) in [5.74, 6) is 0.808. The Morgan fingerprint density at radius 3 is 2.87 bits per heavy atom. The Labute approximate surface area is 94.8 Å². The number of nitrogens with zero attached hydrogens (tertiary/aromatic N) is 2. The third-order valence-electron chi connectivity index (χ3n) is 2.71. The maximum atomic E-state index is 6.13. The maximum Gasteiger partial charge on any atom is 0.136 e. The molecule has 0 saturated carbocycles. The zero-order chi connectivity index (χ0) is 10.7. The van der Waals surface area contributed by atoms with Gasteiger partial charge in [-0.05, 0) is 25.7 Å². The number of hydrogen-bond acceptors (Lipinski definition) is 3. The van der Waals surface area contributed by atoms with E-state index in [1.165, 1.54) is 12.8 Å². The van der Waals surface area contributed by atoms with Crippen molar-refractivity contribution < 1.29 is 4.74 Å². The number of methoxy groups -OCH3 is 1. The molecule has 0 bridgehead atoms. The van der Waals surface area contributed by atoms with Crippen LogP contribution in [0.2, 0.25) is 5.15 Å². The Morgan fingerprint density at radius 2 is 2.07 bits per heavy atom. The first-order valence-corrected chi connectivity index (χ1v) is 5.72. The van der Waals surface area contributed by atoms with Gasteiger partial charge in [-0.3, -0.25) is 0 Å². The molecule has 0 atom stereocenters. The lowest BCUT2D eigenvalue weighted by Crippen LogP contribution is -2.11. The second-order valence-electron chi connectivity index (χ2n) is 3.81. The van der Waals surface area contributed by atoms with Crippen molar-refractivity contribution in [3.63, 3.8) is 0 Å². The minimum absolute atomic E-state index is 0.644. The molecular formula is C11H15ClN2O. The molecule has 0 unspecified atom stereocenters. The van der Waals surface area contributed by atoms with Crippen LogP contribution < -0.4 is 0 Å². The largest absolute Gasteiger partial charge is 0.384 e. The molecule has 1 aromatic heterocycles. The third kappa shape index (κ3) is 2.47. The van der Waals surface area contributed by atoms with Gasteiger partial charge in [0.25, 0.3) is 0 Å². The van der Waals surface area contributed by atoms with Gasteiger partial charge in [0.2, 0.25) is 0 Å². The van der Waals surface area contributed by atoms with Crippen molar-refractivity contribution in [3.8, 4) is 0 Å². The topological polar surface area (TPSA) is 35.0 Å². The molecular weight excluding hydrogens is 212 g/mol. The van der Waals surface area contributed by atoms with E-state index in [0.717, 1.165) is 36.3 Å². The van der Waals surface area contributed by atoms with Gasteiger partial charge in [-0.25, -0.2) is 9.97 Å². The standard InChI is InChI=1S/C11H15ClN2O/c1-15-7-6-10-13-9-5-3-2-4-8(9)11(12)14-10/h2-7H2,1H3. The van der Waals surface area contributed by atoms with E-state index in [4.69, 9.17) is 16.3 Å². The Hall–Kier alpha value is -0.670. The summed E-state index contributed by atoms with van der Waals surface area (Å²) >= 11 is 6.13.